The van der Waals surface area contributed by atoms with Gasteiger partial charge < -0.3 is 9.64 Å². The fourth-order valence-electron chi connectivity index (χ4n) is 8.56. The highest BCUT2D eigenvalue weighted by Crippen LogP contribution is 2.58. The number of hydrogen-bond acceptors (Lipinski definition) is 2. The van der Waals surface area contributed by atoms with Gasteiger partial charge in [0.1, 0.15) is 11.8 Å². The normalized spacial score (nSPS) is 16.5. The van der Waals surface area contributed by atoms with Gasteiger partial charge in [-0.3, -0.25) is 0 Å². The van der Waals surface area contributed by atoms with E-state index in [-0.39, 0.29) is 12.1 Å². The van der Waals surface area contributed by atoms with Crippen LogP contribution in [0.15, 0.2) is 164 Å². The lowest BCUT2D eigenvalue weighted by atomic mass is 9.87. The van der Waals surface area contributed by atoms with E-state index in [9.17, 15) is 0 Å². The summed E-state index contributed by atoms with van der Waals surface area (Å²) >= 11 is 0. The van der Waals surface area contributed by atoms with Gasteiger partial charge in [0, 0.05) is 22.5 Å². The molecule has 9 aromatic rings. The molecule has 0 bridgehead atoms. The van der Waals surface area contributed by atoms with Gasteiger partial charge >= 0.3 is 0 Å². The Labute approximate surface area is 278 Å². The summed E-state index contributed by atoms with van der Waals surface area (Å²) in [5, 5.41) is 10.4. The third kappa shape index (κ3) is 3.57. The second kappa shape index (κ2) is 9.70. The van der Waals surface area contributed by atoms with Crippen LogP contribution in [-0.2, 0) is 0 Å². The molecule has 224 valence electrons. The zero-order valence-corrected chi connectivity index (χ0v) is 26.1. The molecule has 2 heteroatoms. The molecule has 48 heavy (non-hydrogen) atoms. The fraction of sp³-hybridized carbons (Fsp3) is 0.0435. The van der Waals surface area contributed by atoms with Crippen LogP contribution >= 0.6 is 0 Å². The third-order valence-corrected chi connectivity index (χ3v) is 10.7. The lowest BCUT2D eigenvalue weighted by Gasteiger charge is -2.27. The van der Waals surface area contributed by atoms with Crippen LogP contribution in [0.25, 0.3) is 65.3 Å². The maximum absolute atomic E-state index is 6.52. The van der Waals surface area contributed by atoms with E-state index in [4.69, 9.17) is 4.74 Å². The van der Waals surface area contributed by atoms with E-state index in [2.05, 4.69) is 169 Å². The molecule has 2 aliphatic heterocycles. The molecule has 9 aromatic carbocycles. The largest absolute Gasteiger partial charge is 0.483 e. The van der Waals surface area contributed by atoms with Crippen molar-refractivity contribution in [3.63, 3.8) is 0 Å². The number of hydrogen-bond donors (Lipinski definition) is 0. The van der Waals surface area contributed by atoms with E-state index in [1.807, 2.05) is 0 Å². The second-order valence-corrected chi connectivity index (χ2v) is 13.2. The van der Waals surface area contributed by atoms with Crippen LogP contribution in [0, 0.1) is 0 Å². The van der Waals surface area contributed by atoms with Crippen molar-refractivity contribution in [2.24, 2.45) is 0 Å². The maximum Gasteiger partial charge on any atom is 0.151 e. The highest BCUT2D eigenvalue weighted by molar-refractivity contribution is 6.27. The molecule has 2 nitrogen and oxygen atoms in total. The molecule has 0 amide bonds. The molecular formula is C46H29NO. The van der Waals surface area contributed by atoms with Crippen molar-refractivity contribution in [2.45, 2.75) is 12.1 Å². The van der Waals surface area contributed by atoms with Crippen molar-refractivity contribution < 1.29 is 4.74 Å². The molecule has 0 aromatic heterocycles. The van der Waals surface area contributed by atoms with Crippen LogP contribution in [0.5, 0.6) is 5.75 Å². The lowest BCUT2D eigenvalue weighted by molar-refractivity contribution is 0.223. The molecule has 0 spiro atoms. The summed E-state index contributed by atoms with van der Waals surface area (Å²) < 4.78 is 6.52. The van der Waals surface area contributed by atoms with E-state index in [1.54, 1.807) is 0 Å². The predicted octanol–water partition coefficient (Wildman–Crippen LogP) is 12.4. The maximum atomic E-state index is 6.52. The number of nitrogens with zero attached hydrogens (tertiary/aromatic N) is 1. The topological polar surface area (TPSA) is 12.5 Å². The van der Waals surface area contributed by atoms with E-state index >= 15 is 0 Å². The molecule has 0 saturated carbocycles. The first-order chi connectivity index (χ1) is 23.8. The highest BCUT2D eigenvalue weighted by Gasteiger charge is 2.47. The van der Waals surface area contributed by atoms with Crippen LogP contribution in [0.3, 0.4) is 0 Å². The molecular weight excluding hydrogens is 583 g/mol. The van der Waals surface area contributed by atoms with Crippen LogP contribution in [0.1, 0.15) is 23.3 Å². The average Bonchev–Trinajstić information content (AvgIpc) is 3.68. The summed E-state index contributed by atoms with van der Waals surface area (Å²) in [5.74, 6) is 0.987. The van der Waals surface area contributed by atoms with Crippen molar-refractivity contribution in [3.05, 3.63) is 175 Å². The summed E-state index contributed by atoms with van der Waals surface area (Å²) in [6, 6.07) is 60.3. The number of para-hydroxylation sites is 2. The van der Waals surface area contributed by atoms with Gasteiger partial charge in [-0.15, -0.1) is 0 Å². The molecule has 2 unspecified atom stereocenters. The summed E-state index contributed by atoms with van der Waals surface area (Å²) in [6.45, 7) is 0. The van der Waals surface area contributed by atoms with Gasteiger partial charge in [0.15, 0.2) is 6.10 Å². The van der Waals surface area contributed by atoms with Crippen molar-refractivity contribution in [1.29, 1.82) is 0 Å². The van der Waals surface area contributed by atoms with E-state index in [1.165, 1.54) is 87.8 Å². The Hall–Kier alpha value is -6.12. The van der Waals surface area contributed by atoms with Crippen molar-refractivity contribution in [1.82, 2.24) is 0 Å². The molecule has 2 atom stereocenters. The van der Waals surface area contributed by atoms with Gasteiger partial charge in [-0.2, -0.15) is 0 Å². The summed E-state index contributed by atoms with van der Waals surface area (Å²) in [5.41, 5.74) is 9.90. The number of anilines is 2. The van der Waals surface area contributed by atoms with Crippen molar-refractivity contribution in [3.8, 4) is 28.0 Å². The summed E-state index contributed by atoms with van der Waals surface area (Å²) in [4.78, 5) is 2.47. The molecule has 0 saturated heterocycles. The Morgan fingerprint density at radius 2 is 1.02 bits per heavy atom. The minimum absolute atomic E-state index is 0.00432. The first-order valence-corrected chi connectivity index (χ1v) is 16.7. The average molecular weight is 612 g/mol. The zero-order valence-electron chi connectivity index (χ0n) is 26.1. The van der Waals surface area contributed by atoms with Crippen LogP contribution in [-0.4, -0.2) is 0 Å². The lowest BCUT2D eigenvalue weighted by Crippen LogP contribution is -2.20. The van der Waals surface area contributed by atoms with Crippen LogP contribution < -0.4 is 9.64 Å². The van der Waals surface area contributed by atoms with Gasteiger partial charge in [0.05, 0.1) is 0 Å². The minimum Gasteiger partial charge on any atom is -0.483 e. The molecule has 0 radical (unpaired) electrons. The molecule has 0 N–H and O–H groups in total. The number of benzene rings is 9. The molecule has 2 aliphatic rings. The number of fused-ring (bicyclic) bond motifs is 6. The standard InChI is InChI=1S/C46H29NO/c1-2-8-32-27-33(14-13-28(32)7-1)36-24-18-31-19-25-37-35(23-17-30-20-26-38(36)44(31)43(30)37)29-15-21-34(22-16-29)47-41-11-5-3-9-39(41)46-45(47)40-10-4-6-12-42(40)48-46/h1-27,45-46H. The Balaban J connectivity index is 1.04. The van der Waals surface area contributed by atoms with E-state index < -0.39 is 0 Å². The molecule has 11 rings (SSSR count). The fourth-order valence-corrected chi connectivity index (χ4v) is 8.56. The second-order valence-electron chi connectivity index (χ2n) is 13.2. The van der Waals surface area contributed by atoms with E-state index in [0.29, 0.717) is 0 Å². The third-order valence-electron chi connectivity index (χ3n) is 10.7. The molecule has 2 heterocycles. The minimum atomic E-state index is -0.00432. The Morgan fingerprint density at radius 3 is 1.79 bits per heavy atom. The molecule has 0 fully saturated rings. The summed E-state index contributed by atoms with van der Waals surface area (Å²) in [7, 11) is 0. The number of rotatable bonds is 3. The van der Waals surface area contributed by atoms with Crippen LogP contribution in [0.4, 0.5) is 11.4 Å². The quantitative estimate of drug-likeness (QED) is 0.184. The van der Waals surface area contributed by atoms with Gasteiger partial charge in [-0.05, 0) is 95.7 Å². The first-order valence-electron chi connectivity index (χ1n) is 16.7. The highest BCUT2D eigenvalue weighted by atomic mass is 16.5. The van der Waals surface area contributed by atoms with Gasteiger partial charge in [0.2, 0.25) is 0 Å². The van der Waals surface area contributed by atoms with Gasteiger partial charge in [-0.25, -0.2) is 0 Å². The Kier molecular flexibility index (Phi) is 5.25. The van der Waals surface area contributed by atoms with Crippen LogP contribution in [0.2, 0.25) is 0 Å². The van der Waals surface area contributed by atoms with E-state index in [0.717, 1.165) is 5.75 Å². The monoisotopic (exact) mass is 611 g/mol. The van der Waals surface area contributed by atoms with Gasteiger partial charge in [0.25, 0.3) is 0 Å². The summed E-state index contributed by atoms with van der Waals surface area (Å²) in [6.07, 6.45) is -0.00432. The first kappa shape index (κ1) is 26.0. The van der Waals surface area contributed by atoms with Crippen molar-refractivity contribution >= 4 is 54.5 Å². The smallest absolute Gasteiger partial charge is 0.151 e. The zero-order chi connectivity index (χ0) is 31.3. The Morgan fingerprint density at radius 1 is 0.438 bits per heavy atom. The SMILES string of the molecule is c1ccc2c(c1)OC1c3ccccc3N(c3ccc(-c4ccc5ccc6c(-c7ccc8ccccc8c7)ccc7ccc4c5c76)cc3)C21. The Bertz CT molecular complexity index is 2730. The van der Waals surface area contributed by atoms with Crippen molar-refractivity contribution in [2.75, 3.05) is 4.90 Å². The van der Waals surface area contributed by atoms with Gasteiger partial charge in [-0.1, -0.05) is 133 Å². The molecule has 0 aliphatic carbocycles. The number of ether oxygens (including phenoxy) is 1. The predicted molar refractivity (Wildman–Crippen MR) is 200 cm³/mol.